The Morgan fingerprint density at radius 2 is 0.576 bits per heavy atom. The zero-order valence-electron chi connectivity index (χ0n) is 55.2. The van der Waals surface area contributed by atoms with E-state index in [4.69, 9.17) is 9.97 Å². The Hall–Kier alpha value is -6.80. The number of aromatic nitrogens is 4. The molecule has 448 valence electrons. The van der Waals surface area contributed by atoms with Crippen molar-refractivity contribution in [2.24, 2.45) is 21.7 Å². The number of nitrogens with zero attached hydrogens (tertiary/aromatic N) is 2. The first-order chi connectivity index (χ1) is 38.3. The molecule has 1 aliphatic heterocycles. The summed E-state index contributed by atoms with van der Waals surface area (Å²) in [5.74, 6) is 0.654. The molecule has 0 saturated heterocycles. The minimum absolute atomic E-state index is 0. The first kappa shape index (κ1) is 64.2. The average Bonchev–Trinajstić information content (AvgIpc) is 2.63. The number of phenols is 2. The summed E-state index contributed by atoms with van der Waals surface area (Å²) in [7, 11) is 0. The number of allylic oxidation sites excluding steroid dienone is 10. The number of fused-ring (bicyclic) bond motifs is 8. The number of carbonyl (C=O) groups is 2. The molecule has 4 aromatic heterocycles. The van der Waals surface area contributed by atoms with Crippen molar-refractivity contribution in [3.05, 3.63) is 209 Å². The van der Waals surface area contributed by atoms with E-state index in [0.717, 1.165) is 123 Å². The molecule has 0 fully saturated rings. The fraction of sp³-hybridized carbons (Fsp3) is 0.421. The van der Waals surface area contributed by atoms with Gasteiger partial charge in [0.2, 0.25) is 0 Å². The SMILES string of the molecule is CC(C)(C)C1=CC(=C2c3ccc([n-]3)C(=C3C=C(C(C)(C)C)C(=O)C(C(C)(C)C)=C3)c3ccc([nH]3)C(c3cc(C(C)(C)C)c(O)c(C(C)(C)C)c3)=c3ccc([n-]3)=C(c3cc(C(C)(C)C)c(O)c(C(C)(C)C)c3)c3ccc2[nH]3)C=C(C(C)(C)C)C1=O.[Fe+2]. The molecule has 85 heavy (non-hydrogen) atoms. The molecule has 6 aromatic rings. The Balaban J connectivity index is 0.00000940. The van der Waals surface area contributed by atoms with Crippen molar-refractivity contribution >= 4 is 33.9 Å². The van der Waals surface area contributed by atoms with Crippen LogP contribution in [0.1, 0.15) is 234 Å². The number of carbonyl (C=O) groups excluding carboxylic acids is 2. The van der Waals surface area contributed by atoms with Gasteiger partial charge >= 0.3 is 17.1 Å². The number of aromatic amines is 2. The second-order valence-electron chi connectivity index (χ2n) is 32.1. The minimum atomic E-state index is -0.484. The Bertz CT molecular complexity index is 3660. The molecule has 0 spiro atoms. The maximum absolute atomic E-state index is 14.7. The molecule has 0 amide bonds. The van der Waals surface area contributed by atoms with Crippen molar-refractivity contribution in [1.29, 1.82) is 0 Å². The molecule has 5 heterocycles. The Morgan fingerprint density at radius 3 is 0.812 bits per heavy atom. The molecule has 9 rings (SSSR count). The van der Waals surface area contributed by atoms with Crippen LogP contribution >= 0.6 is 0 Å². The van der Waals surface area contributed by atoms with Crippen molar-refractivity contribution in [2.75, 3.05) is 0 Å². The second kappa shape index (κ2) is 21.3. The summed E-state index contributed by atoms with van der Waals surface area (Å²) in [6, 6.07) is 25.3. The maximum atomic E-state index is 14.7. The van der Waals surface area contributed by atoms with Crippen LogP contribution in [0.5, 0.6) is 11.5 Å². The number of benzene rings is 2. The van der Waals surface area contributed by atoms with Crippen molar-refractivity contribution in [1.82, 2.24) is 19.9 Å². The van der Waals surface area contributed by atoms with Gasteiger partial charge in [-0.05, 0) is 161 Å². The molecular formula is C76H92FeN4O4. The molecule has 8 nitrogen and oxygen atoms in total. The molecule has 8 bridgehead atoms. The number of aromatic hydroxyl groups is 2. The number of H-pyrrole nitrogens is 2. The van der Waals surface area contributed by atoms with Crippen LogP contribution in [-0.4, -0.2) is 31.7 Å². The van der Waals surface area contributed by atoms with Gasteiger partial charge in [0.25, 0.3) is 0 Å². The van der Waals surface area contributed by atoms with E-state index in [1.165, 1.54) is 0 Å². The number of phenolic OH excluding ortho intramolecular Hbond substituents is 2. The van der Waals surface area contributed by atoms with E-state index < -0.39 is 43.3 Å². The summed E-state index contributed by atoms with van der Waals surface area (Å²) in [5, 5.41) is 25.8. The van der Waals surface area contributed by atoms with Gasteiger partial charge in [-0.25, -0.2) is 0 Å². The largest absolute Gasteiger partial charge is 2.00 e. The fourth-order valence-corrected chi connectivity index (χ4v) is 12.0. The number of rotatable bonds is 2. The summed E-state index contributed by atoms with van der Waals surface area (Å²) in [6.45, 7) is 50.8. The normalized spacial score (nSPS) is 16.2. The predicted octanol–water partition coefficient (Wildman–Crippen LogP) is 16.3. The summed E-state index contributed by atoms with van der Waals surface area (Å²) in [6.07, 6.45) is 8.27. The molecule has 2 aliphatic carbocycles. The van der Waals surface area contributed by atoms with Crippen molar-refractivity contribution < 1.29 is 36.9 Å². The summed E-state index contributed by atoms with van der Waals surface area (Å²) in [4.78, 5) is 48.8. The van der Waals surface area contributed by atoms with Crippen LogP contribution in [0.4, 0.5) is 0 Å². The minimum Gasteiger partial charge on any atom is -0.657 e. The molecule has 0 saturated carbocycles. The van der Waals surface area contributed by atoms with E-state index in [1.54, 1.807) is 0 Å². The van der Waals surface area contributed by atoms with Gasteiger partial charge < -0.3 is 30.1 Å². The van der Waals surface area contributed by atoms with Gasteiger partial charge in [-0.3, -0.25) is 9.59 Å². The molecule has 2 aromatic carbocycles. The van der Waals surface area contributed by atoms with E-state index in [9.17, 15) is 19.8 Å². The van der Waals surface area contributed by atoms with Crippen LogP contribution in [0, 0.1) is 21.7 Å². The van der Waals surface area contributed by atoms with Crippen LogP contribution in [0.25, 0.3) is 22.3 Å². The Morgan fingerprint density at radius 1 is 0.329 bits per heavy atom. The van der Waals surface area contributed by atoms with Crippen molar-refractivity contribution in [2.45, 2.75) is 188 Å². The molecule has 0 atom stereocenters. The van der Waals surface area contributed by atoms with Crippen molar-refractivity contribution in [3.63, 3.8) is 0 Å². The third-order valence-electron chi connectivity index (χ3n) is 16.8. The van der Waals surface area contributed by atoms with Crippen molar-refractivity contribution in [3.8, 4) is 11.5 Å². The fourth-order valence-electron chi connectivity index (χ4n) is 12.0. The molecule has 0 radical (unpaired) electrons. The number of hydrogen-bond donors (Lipinski definition) is 4. The second-order valence-corrected chi connectivity index (χ2v) is 32.1. The Labute approximate surface area is 517 Å². The zero-order valence-corrected chi connectivity index (χ0v) is 56.3. The van der Waals surface area contributed by atoms with Crippen LogP contribution in [-0.2, 0) is 48.3 Å². The smallest absolute Gasteiger partial charge is 0.657 e. The van der Waals surface area contributed by atoms with Gasteiger partial charge in [-0.15, -0.1) is 22.1 Å². The topological polar surface area (TPSA) is 134 Å². The maximum Gasteiger partial charge on any atom is 2.00 e. The van der Waals surface area contributed by atoms with Crippen LogP contribution in [0.2, 0.25) is 0 Å². The first-order valence-corrected chi connectivity index (χ1v) is 30.0. The number of hydrogen-bond acceptors (Lipinski definition) is 4. The number of ketones is 2. The van der Waals surface area contributed by atoms with E-state index in [-0.39, 0.29) is 40.1 Å². The van der Waals surface area contributed by atoms with Gasteiger partial charge in [0.1, 0.15) is 11.5 Å². The van der Waals surface area contributed by atoms with Gasteiger partial charge in [-0.1, -0.05) is 190 Å². The molecule has 3 aliphatic rings. The van der Waals surface area contributed by atoms with Crippen LogP contribution in [0.3, 0.4) is 0 Å². The van der Waals surface area contributed by atoms with Crippen LogP contribution < -0.4 is 20.7 Å². The number of Topliss-reactive ketones (excluding diaryl/α,β-unsaturated/α-hetero) is 2. The monoisotopic (exact) mass is 1180 g/mol. The Kier molecular flexibility index (Phi) is 16.1. The molecule has 9 heteroatoms. The molecule has 4 N–H and O–H groups in total. The quantitative estimate of drug-likeness (QED) is 0.127. The predicted molar refractivity (Wildman–Crippen MR) is 347 cm³/mol. The van der Waals surface area contributed by atoms with E-state index in [1.807, 2.05) is 0 Å². The average molecular weight is 1180 g/mol. The summed E-state index contributed by atoms with van der Waals surface area (Å²) < 4.78 is 0. The van der Waals surface area contributed by atoms with Crippen LogP contribution in [0.15, 0.2) is 131 Å². The van der Waals surface area contributed by atoms with Gasteiger partial charge in [0, 0.05) is 67.3 Å². The van der Waals surface area contributed by atoms with E-state index in [2.05, 4.69) is 273 Å². The van der Waals surface area contributed by atoms with Gasteiger partial charge in [0.05, 0.1) is 0 Å². The third kappa shape index (κ3) is 12.2. The van der Waals surface area contributed by atoms with E-state index in [0.29, 0.717) is 11.4 Å². The zero-order chi connectivity index (χ0) is 62.3. The van der Waals surface area contributed by atoms with E-state index >= 15 is 0 Å². The third-order valence-corrected chi connectivity index (χ3v) is 16.8. The molecular weight excluding hydrogens is 1090 g/mol. The molecule has 0 unspecified atom stereocenters. The van der Waals surface area contributed by atoms with Gasteiger partial charge in [-0.2, -0.15) is 0 Å². The first-order valence-electron chi connectivity index (χ1n) is 30.0. The van der Waals surface area contributed by atoms with Gasteiger partial charge in [0.15, 0.2) is 11.6 Å². The standard InChI is InChI=1S/C76H94N4O4.Fe/c1-69(2,3)45-33-41(34-46(65(45)81)70(4,5)6)61-53-25-27-55(77-53)62(42-35-47(71(7,8)9)66(82)48(36-42)72(10,11)12)57-29-31-59(79-57)64(44-39-51(75(19,20)21)68(84)52(40-44)76(22,23)24)60-32-30-58(80-60)63(56-28-26-54(61)78-56)43-37-49(73(13,14)15)67(83)50(38-43)74(16,17)18;/h25-40H,1-24H3,(H6,77,78,79,80,81,82,83,84);/q;+2/p-2. The number of nitrogens with one attached hydrogen (secondary N) is 2. The summed E-state index contributed by atoms with van der Waals surface area (Å²) in [5.41, 5.74) is 14.0. The summed E-state index contributed by atoms with van der Waals surface area (Å²) >= 11 is 0.